The Labute approximate surface area is 96.2 Å². The maximum atomic E-state index is 9.63. The van der Waals surface area contributed by atoms with E-state index in [0.717, 1.165) is 5.56 Å². The second-order valence-corrected chi connectivity index (χ2v) is 3.49. The fourth-order valence-electron chi connectivity index (χ4n) is 1.65. The zero-order chi connectivity index (χ0) is 10.1. The molecular formula is C8H9BINO3. The normalized spacial score (nSPS) is 19.6. The largest absolute Gasteiger partial charge is 0.495 e. The molecule has 0 aliphatic carbocycles. The van der Waals surface area contributed by atoms with Crippen molar-refractivity contribution in [2.45, 2.75) is 6.10 Å². The highest BCUT2D eigenvalue weighted by Crippen LogP contribution is 2.27. The van der Waals surface area contributed by atoms with Gasteiger partial charge in [-0.15, -0.1) is 0 Å². The van der Waals surface area contributed by atoms with E-state index in [4.69, 9.17) is 13.5 Å². The Morgan fingerprint density at radius 3 is 3.07 bits per heavy atom. The molecule has 1 atom stereocenters. The zero-order valence-electron chi connectivity index (χ0n) is 7.31. The fraction of sp³-hybridized carbons (Fsp3) is 0.250. The molecule has 14 heavy (non-hydrogen) atoms. The third-order valence-electron chi connectivity index (χ3n) is 2.28. The summed E-state index contributed by atoms with van der Waals surface area (Å²) < 4.78 is 10.4. The van der Waals surface area contributed by atoms with E-state index >= 15 is 0 Å². The van der Waals surface area contributed by atoms with Crippen LogP contribution in [0, 0.1) is 0 Å². The molecule has 1 heterocycles. The first kappa shape index (κ1) is 10.2. The highest BCUT2D eigenvalue weighted by atomic mass is 127. The molecule has 74 valence electrons. The maximum Gasteiger partial charge on any atom is 0.495 e. The van der Waals surface area contributed by atoms with Gasteiger partial charge in [0.15, 0.2) is 23.0 Å². The summed E-state index contributed by atoms with van der Waals surface area (Å²) in [6.07, 6.45) is -0.230. The molecule has 0 radical (unpaired) electrons. The summed E-state index contributed by atoms with van der Waals surface area (Å²) in [5.41, 5.74) is 7.13. The van der Waals surface area contributed by atoms with Crippen molar-refractivity contribution < 1.29 is 12.7 Å². The van der Waals surface area contributed by atoms with Crippen molar-refractivity contribution >= 4 is 35.6 Å². The van der Waals surface area contributed by atoms with E-state index < -0.39 is 7.12 Å². The lowest BCUT2D eigenvalue weighted by Crippen LogP contribution is -2.29. The second kappa shape index (κ2) is 4.05. The summed E-state index contributed by atoms with van der Waals surface area (Å²) in [5.74, 6) is 0.631. The molecule has 2 rings (SSSR count). The van der Waals surface area contributed by atoms with Gasteiger partial charge in [-0.3, -0.25) is 0 Å². The molecule has 0 spiro atoms. The molecule has 1 aliphatic heterocycles. The molecule has 1 aliphatic rings. The van der Waals surface area contributed by atoms with Crippen molar-refractivity contribution in [3.05, 3.63) is 23.8 Å². The SMILES string of the molecule is NC[C@H]1OB(O)c2c(OI)cccc21. The summed E-state index contributed by atoms with van der Waals surface area (Å²) in [4.78, 5) is 0. The molecule has 0 amide bonds. The molecule has 4 nitrogen and oxygen atoms in total. The molecule has 6 heteroatoms. The molecular weight excluding hydrogens is 296 g/mol. The maximum absolute atomic E-state index is 9.63. The molecule has 1 aromatic rings. The Hall–Kier alpha value is -0.305. The van der Waals surface area contributed by atoms with Gasteiger partial charge in [0.25, 0.3) is 0 Å². The van der Waals surface area contributed by atoms with E-state index in [1.807, 2.05) is 12.1 Å². The number of benzene rings is 1. The Morgan fingerprint density at radius 2 is 2.43 bits per heavy atom. The lowest BCUT2D eigenvalue weighted by Gasteiger charge is -2.08. The van der Waals surface area contributed by atoms with Gasteiger partial charge in [0.1, 0.15) is 5.75 Å². The highest BCUT2D eigenvalue weighted by molar-refractivity contribution is 14.1. The fourth-order valence-corrected chi connectivity index (χ4v) is 2.04. The van der Waals surface area contributed by atoms with Crippen LogP contribution in [0.2, 0.25) is 0 Å². The number of hydrogen-bond acceptors (Lipinski definition) is 4. The van der Waals surface area contributed by atoms with E-state index in [0.29, 0.717) is 17.8 Å². The van der Waals surface area contributed by atoms with Gasteiger partial charge in [0.05, 0.1) is 6.10 Å². The lowest BCUT2D eigenvalue weighted by atomic mass is 9.78. The second-order valence-electron chi connectivity index (χ2n) is 3.05. The lowest BCUT2D eigenvalue weighted by molar-refractivity contribution is 0.198. The average Bonchev–Trinajstić information content (AvgIpc) is 2.55. The third kappa shape index (κ3) is 1.52. The Bertz CT molecular complexity index is 349. The van der Waals surface area contributed by atoms with Crippen LogP contribution in [-0.2, 0) is 4.65 Å². The summed E-state index contributed by atoms with van der Waals surface area (Å²) in [5, 5.41) is 9.63. The van der Waals surface area contributed by atoms with Crippen LogP contribution in [0.15, 0.2) is 18.2 Å². The predicted molar refractivity (Wildman–Crippen MR) is 61.6 cm³/mol. The van der Waals surface area contributed by atoms with E-state index in [9.17, 15) is 5.02 Å². The van der Waals surface area contributed by atoms with Crippen LogP contribution in [0.3, 0.4) is 0 Å². The van der Waals surface area contributed by atoms with E-state index in [2.05, 4.69) is 0 Å². The van der Waals surface area contributed by atoms with Crippen molar-refractivity contribution in [2.75, 3.05) is 6.54 Å². The zero-order valence-corrected chi connectivity index (χ0v) is 9.47. The molecule has 1 aromatic carbocycles. The first-order chi connectivity index (χ1) is 6.77. The number of hydrogen-bond donors (Lipinski definition) is 2. The van der Waals surface area contributed by atoms with Gasteiger partial charge in [-0.2, -0.15) is 0 Å². The van der Waals surface area contributed by atoms with Crippen LogP contribution < -0.4 is 14.3 Å². The molecule has 0 saturated heterocycles. The Balaban J connectivity index is 2.49. The van der Waals surface area contributed by atoms with Gasteiger partial charge in [0, 0.05) is 12.0 Å². The monoisotopic (exact) mass is 305 g/mol. The first-order valence-electron chi connectivity index (χ1n) is 4.23. The van der Waals surface area contributed by atoms with Crippen LogP contribution in [0.4, 0.5) is 0 Å². The molecule has 0 fully saturated rings. The third-order valence-corrected chi connectivity index (χ3v) is 2.76. The van der Waals surface area contributed by atoms with Crippen molar-refractivity contribution in [3.8, 4) is 5.75 Å². The van der Waals surface area contributed by atoms with Crippen molar-refractivity contribution in [1.29, 1.82) is 0 Å². The minimum Gasteiger partial charge on any atom is -0.428 e. The van der Waals surface area contributed by atoms with Gasteiger partial charge in [-0.05, 0) is 11.6 Å². The minimum absolute atomic E-state index is 0.230. The van der Waals surface area contributed by atoms with Gasteiger partial charge < -0.3 is 18.5 Å². The van der Waals surface area contributed by atoms with Crippen LogP contribution >= 0.6 is 23.0 Å². The predicted octanol–water partition coefficient (Wildman–Crippen LogP) is 0.133. The van der Waals surface area contributed by atoms with Crippen molar-refractivity contribution in [1.82, 2.24) is 0 Å². The van der Waals surface area contributed by atoms with Crippen molar-refractivity contribution in [3.63, 3.8) is 0 Å². The molecule has 3 N–H and O–H groups in total. The average molecular weight is 305 g/mol. The van der Waals surface area contributed by atoms with Gasteiger partial charge in [0.2, 0.25) is 0 Å². The smallest absolute Gasteiger partial charge is 0.428 e. The van der Waals surface area contributed by atoms with E-state index in [1.165, 1.54) is 0 Å². The highest BCUT2D eigenvalue weighted by Gasteiger charge is 2.37. The number of halogens is 1. The summed E-state index contributed by atoms with van der Waals surface area (Å²) in [6, 6.07) is 5.54. The number of fused-ring (bicyclic) bond motifs is 1. The Kier molecular flexibility index (Phi) is 2.96. The number of rotatable bonds is 2. The van der Waals surface area contributed by atoms with Gasteiger partial charge in [-0.25, -0.2) is 0 Å². The number of nitrogens with two attached hydrogens (primary N) is 1. The minimum atomic E-state index is -0.926. The molecule has 0 unspecified atom stereocenters. The van der Waals surface area contributed by atoms with Crippen LogP contribution in [-0.4, -0.2) is 18.7 Å². The Morgan fingerprint density at radius 1 is 1.64 bits per heavy atom. The van der Waals surface area contributed by atoms with Crippen LogP contribution in [0.5, 0.6) is 5.75 Å². The van der Waals surface area contributed by atoms with Crippen molar-refractivity contribution in [2.24, 2.45) is 5.73 Å². The molecule has 0 saturated carbocycles. The van der Waals surface area contributed by atoms with E-state index in [-0.39, 0.29) is 6.10 Å². The van der Waals surface area contributed by atoms with Crippen LogP contribution in [0.1, 0.15) is 11.7 Å². The summed E-state index contributed by atoms with van der Waals surface area (Å²) >= 11 is 1.78. The van der Waals surface area contributed by atoms with Gasteiger partial charge in [-0.1, -0.05) is 12.1 Å². The molecule has 0 aromatic heterocycles. The summed E-state index contributed by atoms with van der Waals surface area (Å²) in [6.45, 7) is 0.356. The topological polar surface area (TPSA) is 64.7 Å². The quantitative estimate of drug-likeness (QED) is 0.602. The van der Waals surface area contributed by atoms with E-state index in [1.54, 1.807) is 29.1 Å². The van der Waals surface area contributed by atoms with Crippen LogP contribution in [0.25, 0.3) is 0 Å². The van der Waals surface area contributed by atoms with Gasteiger partial charge >= 0.3 is 7.12 Å². The standard InChI is InChI=1S/C8H9BINO3/c10-14-6-3-1-2-5-7(4-11)13-9(12)8(5)6/h1-3,7,12H,4,11H2/t7-/m1/s1. The first-order valence-corrected chi connectivity index (χ1v) is 5.11. The summed E-state index contributed by atoms with van der Waals surface area (Å²) in [7, 11) is -0.926. The molecule has 0 bridgehead atoms.